The molecule has 0 spiro atoms. The second kappa shape index (κ2) is 5.22. The van der Waals surface area contributed by atoms with E-state index < -0.39 is 24.1 Å². The minimum Gasteiger partial charge on any atom is -0.480 e. The molecule has 104 valence electrons. The van der Waals surface area contributed by atoms with Gasteiger partial charge in [0.05, 0.1) is 12.6 Å². The van der Waals surface area contributed by atoms with E-state index in [2.05, 4.69) is 15.5 Å². The Hall–Kier alpha value is -2.16. The maximum atomic E-state index is 11.9. The molecule has 19 heavy (non-hydrogen) atoms. The summed E-state index contributed by atoms with van der Waals surface area (Å²) in [6.07, 6.45) is 0.745. The number of nitrogens with one attached hydrogen (secondary N) is 1. The number of β-amino-alcohol motifs (C(OH)–C–C–N with tert-alkyl or cyclic N) is 1. The van der Waals surface area contributed by atoms with E-state index in [9.17, 15) is 14.7 Å². The van der Waals surface area contributed by atoms with Gasteiger partial charge in [0.2, 0.25) is 0 Å². The van der Waals surface area contributed by atoms with E-state index in [0.29, 0.717) is 5.82 Å². The van der Waals surface area contributed by atoms with Gasteiger partial charge in [0, 0.05) is 20.0 Å². The summed E-state index contributed by atoms with van der Waals surface area (Å²) in [4.78, 5) is 24.0. The second-order valence-electron chi connectivity index (χ2n) is 4.41. The first-order chi connectivity index (χ1) is 8.99. The molecule has 0 saturated carbocycles. The van der Waals surface area contributed by atoms with Crippen molar-refractivity contribution in [2.24, 2.45) is 7.05 Å². The molecular weight excluding hydrogens is 254 g/mol. The van der Waals surface area contributed by atoms with Crippen molar-refractivity contribution in [1.82, 2.24) is 25.0 Å². The van der Waals surface area contributed by atoms with Crippen LogP contribution >= 0.6 is 0 Å². The van der Waals surface area contributed by atoms with Crippen LogP contribution in [0.5, 0.6) is 0 Å². The van der Waals surface area contributed by atoms with Crippen LogP contribution in [0.3, 0.4) is 0 Å². The molecule has 2 amide bonds. The number of aliphatic hydroxyl groups is 1. The lowest BCUT2D eigenvalue weighted by Gasteiger charge is -2.21. The van der Waals surface area contributed by atoms with E-state index in [4.69, 9.17) is 5.11 Å². The van der Waals surface area contributed by atoms with Gasteiger partial charge in [-0.2, -0.15) is 0 Å². The lowest BCUT2D eigenvalue weighted by Crippen LogP contribution is -2.46. The maximum absolute atomic E-state index is 11.9. The third-order valence-electron chi connectivity index (χ3n) is 3.03. The summed E-state index contributed by atoms with van der Waals surface area (Å²) < 4.78 is 1.65. The van der Waals surface area contributed by atoms with Crippen molar-refractivity contribution in [3.8, 4) is 0 Å². The van der Waals surface area contributed by atoms with Crippen molar-refractivity contribution >= 4 is 12.0 Å². The number of nitrogens with zero attached hydrogens (tertiary/aromatic N) is 4. The molecule has 1 aromatic heterocycles. The molecular formula is C10H15N5O4. The van der Waals surface area contributed by atoms with Crippen molar-refractivity contribution < 1.29 is 19.8 Å². The highest BCUT2D eigenvalue weighted by Crippen LogP contribution is 2.18. The average Bonchev–Trinajstić information content (AvgIpc) is 2.92. The van der Waals surface area contributed by atoms with Gasteiger partial charge in [-0.15, -0.1) is 10.2 Å². The minimum absolute atomic E-state index is 0.0155. The summed E-state index contributed by atoms with van der Waals surface area (Å²) in [5.41, 5.74) is 0. The van der Waals surface area contributed by atoms with Gasteiger partial charge in [0.15, 0.2) is 5.82 Å². The molecule has 0 aromatic carbocycles. The van der Waals surface area contributed by atoms with E-state index >= 15 is 0 Å². The smallest absolute Gasteiger partial charge is 0.326 e. The van der Waals surface area contributed by atoms with Crippen molar-refractivity contribution in [3.63, 3.8) is 0 Å². The Kier molecular flexibility index (Phi) is 3.65. The first kappa shape index (κ1) is 13.3. The van der Waals surface area contributed by atoms with E-state index in [-0.39, 0.29) is 19.5 Å². The summed E-state index contributed by atoms with van der Waals surface area (Å²) in [5, 5.41) is 28.5. The van der Waals surface area contributed by atoms with Crippen LogP contribution in [0.15, 0.2) is 6.33 Å². The number of carbonyl (C=O) groups is 2. The maximum Gasteiger partial charge on any atom is 0.326 e. The first-order valence-electron chi connectivity index (χ1n) is 5.77. The molecule has 9 nitrogen and oxygen atoms in total. The van der Waals surface area contributed by atoms with E-state index in [0.717, 1.165) is 4.90 Å². The normalized spacial score (nSPS) is 22.5. The number of rotatable bonds is 3. The van der Waals surface area contributed by atoms with Crippen molar-refractivity contribution in [3.05, 3.63) is 12.2 Å². The van der Waals surface area contributed by atoms with Crippen LogP contribution in [0, 0.1) is 0 Å². The van der Waals surface area contributed by atoms with Crippen LogP contribution in [0.4, 0.5) is 4.79 Å². The number of aliphatic carboxylic acids is 1. The number of carboxylic acids is 1. The number of carbonyl (C=O) groups excluding carboxylic acids is 1. The Morgan fingerprint density at radius 3 is 2.89 bits per heavy atom. The molecule has 1 unspecified atom stereocenters. The standard InChI is InChI=1S/C10H15N5O4/c1-14-5-12-13-8(14)3-11-10(19)15-4-6(16)2-7(15)9(17)18/h5-7,16H,2-4H2,1H3,(H,11,19)(H,17,18)/t6?,7-/m0/s1. The van der Waals surface area contributed by atoms with Crippen LogP contribution < -0.4 is 5.32 Å². The number of hydrogen-bond donors (Lipinski definition) is 3. The summed E-state index contributed by atoms with van der Waals surface area (Å²) in [6.45, 7) is 0.163. The molecule has 2 rings (SSSR count). The highest BCUT2D eigenvalue weighted by atomic mass is 16.4. The topological polar surface area (TPSA) is 121 Å². The number of urea groups is 1. The minimum atomic E-state index is -1.12. The number of aryl methyl sites for hydroxylation is 1. The van der Waals surface area contributed by atoms with Gasteiger partial charge in [-0.25, -0.2) is 9.59 Å². The Balaban J connectivity index is 1.96. The Bertz CT molecular complexity index is 488. The Morgan fingerprint density at radius 1 is 1.58 bits per heavy atom. The van der Waals surface area contributed by atoms with Gasteiger partial charge in [-0.1, -0.05) is 0 Å². The van der Waals surface area contributed by atoms with Crippen LogP contribution in [0.2, 0.25) is 0 Å². The Morgan fingerprint density at radius 2 is 2.32 bits per heavy atom. The fourth-order valence-electron chi connectivity index (χ4n) is 2.00. The van der Waals surface area contributed by atoms with Crippen LogP contribution in [-0.2, 0) is 18.4 Å². The van der Waals surface area contributed by atoms with Gasteiger partial charge >= 0.3 is 12.0 Å². The number of amides is 2. The molecule has 0 radical (unpaired) electrons. The number of carboxylic acid groups (broad SMARTS) is 1. The third-order valence-corrected chi connectivity index (χ3v) is 3.03. The summed E-state index contributed by atoms with van der Waals surface area (Å²) in [6, 6.07) is -1.53. The summed E-state index contributed by atoms with van der Waals surface area (Å²) >= 11 is 0. The molecule has 1 fully saturated rings. The van der Waals surface area contributed by atoms with Gasteiger partial charge in [0.1, 0.15) is 12.4 Å². The molecule has 9 heteroatoms. The molecule has 1 aromatic rings. The molecule has 2 heterocycles. The van der Waals surface area contributed by atoms with Gasteiger partial charge in [-0.05, 0) is 0 Å². The van der Waals surface area contributed by atoms with Gasteiger partial charge in [-0.3, -0.25) is 0 Å². The SMILES string of the molecule is Cn1cnnc1CNC(=O)N1CC(O)C[C@H]1C(=O)O. The number of likely N-dealkylation sites (tertiary alicyclic amines) is 1. The molecule has 1 aliphatic rings. The Labute approximate surface area is 108 Å². The monoisotopic (exact) mass is 269 g/mol. The highest BCUT2D eigenvalue weighted by Gasteiger charge is 2.38. The lowest BCUT2D eigenvalue weighted by atomic mass is 10.2. The molecule has 0 aliphatic carbocycles. The zero-order valence-electron chi connectivity index (χ0n) is 10.4. The van der Waals surface area contributed by atoms with Crippen molar-refractivity contribution in [2.45, 2.75) is 25.1 Å². The quantitative estimate of drug-likeness (QED) is 0.617. The predicted molar refractivity (Wildman–Crippen MR) is 62.0 cm³/mol. The summed E-state index contributed by atoms with van der Waals surface area (Å²) in [5.74, 6) is -0.565. The molecule has 2 atom stereocenters. The molecule has 1 aliphatic heterocycles. The van der Waals surface area contributed by atoms with Crippen molar-refractivity contribution in [1.29, 1.82) is 0 Å². The van der Waals surface area contributed by atoms with E-state index in [1.165, 1.54) is 6.33 Å². The summed E-state index contributed by atoms with van der Waals surface area (Å²) in [7, 11) is 1.74. The van der Waals surface area contributed by atoms with Crippen LogP contribution in [-0.4, -0.2) is 60.6 Å². The molecule has 3 N–H and O–H groups in total. The first-order valence-corrected chi connectivity index (χ1v) is 5.77. The predicted octanol–water partition coefficient (Wildman–Crippen LogP) is -1.46. The third kappa shape index (κ3) is 2.81. The molecule has 0 bridgehead atoms. The van der Waals surface area contributed by atoms with E-state index in [1.54, 1.807) is 11.6 Å². The number of aromatic nitrogens is 3. The van der Waals surface area contributed by atoms with E-state index in [1.807, 2.05) is 0 Å². The largest absolute Gasteiger partial charge is 0.480 e. The second-order valence-corrected chi connectivity index (χ2v) is 4.41. The van der Waals surface area contributed by atoms with Crippen LogP contribution in [0.25, 0.3) is 0 Å². The van der Waals surface area contributed by atoms with Gasteiger partial charge in [0.25, 0.3) is 0 Å². The fourth-order valence-corrected chi connectivity index (χ4v) is 2.00. The number of hydrogen-bond acceptors (Lipinski definition) is 5. The van der Waals surface area contributed by atoms with Crippen molar-refractivity contribution in [2.75, 3.05) is 6.54 Å². The lowest BCUT2D eigenvalue weighted by molar-refractivity contribution is -0.141. The zero-order valence-corrected chi connectivity index (χ0v) is 10.4. The van der Waals surface area contributed by atoms with Crippen LogP contribution in [0.1, 0.15) is 12.2 Å². The molecule has 1 saturated heterocycles. The van der Waals surface area contributed by atoms with Gasteiger partial charge < -0.3 is 25.0 Å². The zero-order chi connectivity index (χ0) is 14.0. The number of aliphatic hydroxyl groups excluding tert-OH is 1. The fraction of sp³-hybridized carbons (Fsp3) is 0.600. The average molecular weight is 269 g/mol. The highest BCUT2D eigenvalue weighted by molar-refractivity contribution is 5.83.